The summed E-state index contributed by atoms with van der Waals surface area (Å²) in [7, 11) is 0. The highest BCUT2D eigenvalue weighted by atomic mass is 16.2. The van der Waals surface area contributed by atoms with Gasteiger partial charge >= 0.3 is 0 Å². The summed E-state index contributed by atoms with van der Waals surface area (Å²) in [6, 6.07) is 19.0. The summed E-state index contributed by atoms with van der Waals surface area (Å²) in [5, 5.41) is 6.70. The summed E-state index contributed by atoms with van der Waals surface area (Å²) >= 11 is 0. The van der Waals surface area contributed by atoms with Crippen molar-refractivity contribution in [2.45, 2.75) is 37.9 Å². The predicted molar refractivity (Wildman–Crippen MR) is 104 cm³/mol. The molecule has 136 valence electrons. The van der Waals surface area contributed by atoms with Gasteiger partial charge in [0.15, 0.2) is 0 Å². The van der Waals surface area contributed by atoms with Crippen molar-refractivity contribution in [2.24, 2.45) is 0 Å². The molecule has 1 unspecified atom stereocenters. The van der Waals surface area contributed by atoms with E-state index in [-0.39, 0.29) is 18.0 Å². The highest BCUT2D eigenvalue weighted by molar-refractivity contribution is 5.82. The zero-order valence-corrected chi connectivity index (χ0v) is 15.2. The Hall–Kier alpha value is -2.17. The Morgan fingerprint density at radius 2 is 1.92 bits per heavy atom. The van der Waals surface area contributed by atoms with Gasteiger partial charge in [0.25, 0.3) is 0 Å². The van der Waals surface area contributed by atoms with Crippen LogP contribution in [0.1, 0.15) is 35.6 Å². The van der Waals surface area contributed by atoms with Crippen LogP contribution in [-0.4, -0.2) is 36.5 Å². The number of piperazine rings is 1. The minimum absolute atomic E-state index is 0.129. The first kappa shape index (κ1) is 17.3. The Balaban J connectivity index is 1.38. The van der Waals surface area contributed by atoms with Gasteiger partial charge in [0.2, 0.25) is 5.91 Å². The van der Waals surface area contributed by atoms with Gasteiger partial charge in [-0.05, 0) is 36.0 Å². The molecule has 0 bridgehead atoms. The van der Waals surface area contributed by atoms with E-state index in [2.05, 4.69) is 64.1 Å². The number of hydrogen-bond acceptors (Lipinski definition) is 3. The molecule has 4 nitrogen and oxygen atoms in total. The number of nitrogens with one attached hydrogen (secondary N) is 2. The average Bonchev–Trinajstić information content (AvgIpc) is 2.69. The van der Waals surface area contributed by atoms with Crippen LogP contribution in [0.4, 0.5) is 0 Å². The molecule has 2 N–H and O–H groups in total. The van der Waals surface area contributed by atoms with Gasteiger partial charge < -0.3 is 10.6 Å². The van der Waals surface area contributed by atoms with Crippen LogP contribution in [0.2, 0.25) is 0 Å². The van der Waals surface area contributed by atoms with Crippen molar-refractivity contribution < 1.29 is 4.79 Å². The quantitative estimate of drug-likeness (QED) is 0.892. The Bertz CT molecular complexity index is 746. The van der Waals surface area contributed by atoms with Gasteiger partial charge in [-0.15, -0.1) is 0 Å². The van der Waals surface area contributed by atoms with Crippen molar-refractivity contribution in [3.8, 4) is 0 Å². The standard InChI is InChI=1S/C22H27N3O/c26-22(24-20-12-6-10-18-9-4-5-11-19(18)20)21-16-25(14-13-23-21)15-17-7-2-1-3-8-17/h1-5,7-9,11,20-21,23H,6,10,12-16H2,(H,24,26)/t20?,21-/m0/s1. The third-order valence-corrected chi connectivity index (χ3v) is 5.51. The van der Waals surface area contributed by atoms with Gasteiger partial charge in [0, 0.05) is 26.2 Å². The van der Waals surface area contributed by atoms with Crippen molar-refractivity contribution >= 4 is 5.91 Å². The lowest BCUT2D eigenvalue weighted by Gasteiger charge is -2.34. The molecule has 0 radical (unpaired) electrons. The fraction of sp³-hybridized carbons (Fsp3) is 0.409. The van der Waals surface area contributed by atoms with Crippen LogP contribution >= 0.6 is 0 Å². The van der Waals surface area contributed by atoms with Gasteiger partial charge in [-0.3, -0.25) is 9.69 Å². The summed E-state index contributed by atoms with van der Waals surface area (Å²) in [5.41, 5.74) is 3.98. The Labute approximate surface area is 155 Å². The second-order valence-corrected chi connectivity index (χ2v) is 7.38. The van der Waals surface area contributed by atoms with E-state index in [1.54, 1.807) is 0 Å². The summed E-state index contributed by atoms with van der Waals surface area (Å²) in [5.74, 6) is 0.129. The zero-order chi connectivity index (χ0) is 17.8. The molecule has 1 fully saturated rings. The maximum absolute atomic E-state index is 12.9. The molecule has 4 heteroatoms. The average molecular weight is 349 g/mol. The number of carbonyl (C=O) groups excluding carboxylic acids is 1. The molecular formula is C22H27N3O. The molecule has 1 aliphatic heterocycles. The summed E-state index contributed by atoms with van der Waals surface area (Å²) in [6.07, 6.45) is 3.29. The number of nitrogens with zero attached hydrogens (tertiary/aromatic N) is 1. The fourth-order valence-electron chi connectivity index (χ4n) is 4.15. The first-order chi connectivity index (χ1) is 12.8. The van der Waals surface area contributed by atoms with Crippen LogP contribution in [-0.2, 0) is 17.8 Å². The summed E-state index contributed by atoms with van der Waals surface area (Å²) < 4.78 is 0. The number of carbonyl (C=O) groups is 1. The summed E-state index contributed by atoms with van der Waals surface area (Å²) in [4.78, 5) is 15.2. The van der Waals surface area contributed by atoms with Gasteiger partial charge in [-0.25, -0.2) is 0 Å². The topological polar surface area (TPSA) is 44.4 Å². The molecule has 0 saturated carbocycles. The molecule has 2 aliphatic rings. The maximum Gasteiger partial charge on any atom is 0.238 e. The molecule has 1 saturated heterocycles. The lowest BCUT2D eigenvalue weighted by atomic mass is 9.87. The molecule has 2 atom stereocenters. The maximum atomic E-state index is 12.9. The van der Waals surface area contributed by atoms with Crippen molar-refractivity contribution in [1.82, 2.24) is 15.5 Å². The minimum atomic E-state index is -0.137. The fourth-order valence-corrected chi connectivity index (χ4v) is 4.15. The SMILES string of the molecule is O=C(NC1CCCc2ccccc21)[C@@H]1CN(Cc2ccccc2)CCN1. The Kier molecular flexibility index (Phi) is 5.32. The molecular weight excluding hydrogens is 322 g/mol. The second kappa shape index (κ2) is 8.02. The molecule has 0 aromatic heterocycles. The lowest BCUT2D eigenvalue weighted by molar-refractivity contribution is -0.125. The lowest BCUT2D eigenvalue weighted by Crippen LogP contribution is -2.57. The van der Waals surface area contributed by atoms with Crippen molar-refractivity contribution in [1.29, 1.82) is 0 Å². The Morgan fingerprint density at radius 1 is 1.12 bits per heavy atom. The largest absolute Gasteiger partial charge is 0.348 e. The smallest absolute Gasteiger partial charge is 0.238 e. The third kappa shape index (κ3) is 3.97. The van der Waals surface area contributed by atoms with E-state index in [1.165, 1.54) is 16.7 Å². The number of hydrogen-bond donors (Lipinski definition) is 2. The predicted octanol–water partition coefficient (Wildman–Crippen LogP) is 2.65. The number of benzene rings is 2. The number of amides is 1. The van der Waals surface area contributed by atoms with E-state index >= 15 is 0 Å². The highest BCUT2D eigenvalue weighted by Crippen LogP contribution is 2.29. The van der Waals surface area contributed by atoms with Crippen LogP contribution in [0, 0.1) is 0 Å². The van der Waals surface area contributed by atoms with Crippen LogP contribution in [0.15, 0.2) is 54.6 Å². The first-order valence-electron chi connectivity index (χ1n) is 9.67. The molecule has 26 heavy (non-hydrogen) atoms. The molecule has 4 rings (SSSR count). The van der Waals surface area contributed by atoms with Gasteiger partial charge in [0.1, 0.15) is 0 Å². The molecule has 2 aromatic rings. The van der Waals surface area contributed by atoms with Crippen LogP contribution in [0.25, 0.3) is 0 Å². The number of rotatable bonds is 4. The van der Waals surface area contributed by atoms with Crippen molar-refractivity contribution in [3.05, 3.63) is 71.3 Å². The van der Waals surface area contributed by atoms with Crippen LogP contribution < -0.4 is 10.6 Å². The monoisotopic (exact) mass is 349 g/mol. The van der Waals surface area contributed by atoms with Crippen molar-refractivity contribution in [3.63, 3.8) is 0 Å². The molecule has 0 spiro atoms. The van der Waals surface area contributed by atoms with E-state index in [9.17, 15) is 4.79 Å². The first-order valence-corrected chi connectivity index (χ1v) is 9.67. The van der Waals surface area contributed by atoms with E-state index in [0.717, 1.165) is 45.4 Å². The molecule has 1 aliphatic carbocycles. The van der Waals surface area contributed by atoms with Crippen LogP contribution in [0.3, 0.4) is 0 Å². The van der Waals surface area contributed by atoms with Crippen LogP contribution in [0.5, 0.6) is 0 Å². The van der Waals surface area contributed by atoms with E-state index in [0.29, 0.717) is 0 Å². The second-order valence-electron chi connectivity index (χ2n) is 7.38. The molecule has 1 amide bonds. The zero-order valence-electron chi connectivity index (χ0n) is 15.2. The highest BCUT2D eigenvalue weighted by Gasteiger charge is 2.28. The van der Waals surface area contributed by atoms with E-state index in [1.807, 2.05) is 6.07 Å². The molecule has 2 aromatic carbocycles. The van der Waals surface area contributed by atoms with Crippen molar-refractivity contribution in [2.75, 3.05) is 19.6 Å². The number of fused-ring (bicyclic) bond motifs is 1. The normalized spacial score (nSPS) is 23.2. The third-order valence-electron chi connectivity index (χ3n) is 5.51. The van der Waals surface area contributed by atoms with E-state index < -0.39 is 0 Å². The van der Waals surface area contributed by atoms with Gasteiger partial charge in [-0.1, -0.05) is 54.6 Å². The number of aryl methyl sites for hydroxylation is 1. The Morgan fingerprint density at radius 3 is 2.81 bits per heavy atom. The van der Waals surface area contributed by atoms with E-state index in [4.69, 9.17) is 0 Å². The van der Waals surface area contributed by atoms with Gasteiger partial charge in [0.05, 0.1) is 12.1 Å². The summed E-state index contributed by atoms with van der Waals surface area (Å²) in [6.45, 7) is 3.49. The van der Waals surface area contributed by atoms with Gasteiger partial charge in [-0.2, -0.15) is 0 Å². The molecule has 1 heterocycles. The minimum Gasteiger partial charge on any atom is -0.348 e.